The summed E-state index contributed by atoms with van der Waals surface area (Å²) in [5, 5.41) is 4.28. The number of nitrogens with zero attached hydrogens (tertiary/aromatic N) is 3. The molecule has 0 saturated carbocycles. The molecule has 2 heterocycles. The number of fused-ring (bicyclic) bond motifs is 1. The first-order chi connectivity index (χ1) is 7.70. The third-order valence-electron chi connectivity index (χ3n) is 2.38. The first-order valence-electron chi connectivity index (χ1n) is 5.08. The van der Waals surface area contributed by atoms with Gasteiger partial charge in [-0.1, -0.05) is 6.07 Å². The van der Waals surface area contributed by atoms with Crippen molar-refractivity contribution >= 4 is 11.6 Å². The van der Waals surface area contributed by atoms with Crippen LogP contribution in [0.3, 0.4) is 0 Å². The van der Waals surface area contributed by atoms with Crippen LogP contribution in [0.15, 0.2) is 18.3 Å². The molecule has 0 aromatic carbocycles. The third-order valence-corrected chi connectivity index (χ3v) is 2.38. The lowest BCUT2D eigenvalue weighted by Gasteiger charge is -1.94. The molecule has 84 valence electrons. The van der Waals surface area contributed by atoms with Crippen molar-refractivity contribution in [2.24, 2.45) is 0 Å². The first-order valence-corrected chi connectivity index (χ1v) is 5.08. The van der Waals surface area contributed by atoms with E-state index in [4.69, 9.17) is 0 Å². The predicted molar refractivity (Wildman–Crippen MR) is 58.1 cm³/mol. The standard InChI is InChI=1S/C11H13N3O2/c1-8-4-3-7-14-11(8)12-9(13-14)5-6-10(15)16-2/h3-4,7H,5-6H2,1-2H3. The van der Waals surface area contributed by atoms with Crippen molar-refractivity contribution in [3.8, 4) is 0 Å². The largest absolute Gasteiger partial charge is 0.469 e. The summed E-state index contributed by atoms with van der Waals surface area (Å²) >= 11 is 0. The zero-order valence-electron chi connectivity index (χ0n) is 9.30. The third kappa shape index (κ3) is 2.03. The van der Waals surface area contributed by atoms with Crippen molar-refractivity contribution in [3.05, 3.63) is 29.7 Å². The maximum atomic E-state index is 11.0. The van der Waals surface area contributed by atoms with Crippen LogP contribution in [0.5, 0.6) is 0 Å². The molecular formula is C11H13N3O2. The number of hydrogen-bond donors (Lipinski definition) is 0. The van der Waals surface area contributed by atoms with Gasteiger partial charge < -0.3 is 4.74 Å². The fourth-order valence-electron chi connectivity index (χ4n) is 1.51. The fourth-order valence-corrected chi connectivity index (χ4v) is 1.51. The maximum Gasteiger partial charge on any atom is 0.305 e. The number of rotatable bonds is 3. The van der Waals surface area contributed by atoms with E-state index in [0.717, 1.165) is 11.2 Å². The van der Waals surface area contributed by atoms with Gasteiger partial charge in [0.2, 0.25) is 0 Å². The number of ether oxygens (including phenoxy) is 1. The van der Waals surface area contributed by atoms with Crippen LogP contribution in [0.2, 0.25) is 0 Å². The summed E-state index contributed by atoms with van der Waals surface area (Å²) in [4.78, 5) is 15.3. The minimum Gasteiger partial charge on any atom is -0.469 e. The molecule has 5 nitrogen and oxygen atoms in total. The fraction of sp³-hybridized carbons (Fsp3) is 0.364. The lowest BCUT2D eigenvalue weighted by molar-refractivity contribution is -0.140. The lowest BCUT2D eigenvalue weighted by atomic mass is 10.3. The average molecular weight is 219 g/mol. The van der Waals surface area contributed by atoms with Gasteiger partial charge in [0.15, 0.2) is 11.5 Å². The SMILES string of the molecule is COC(=O)CCc1nc2c(C)cccn2n1. The van der Waals surface area contributed by atoms with E-state index in [9.17, 15) is 4.79 Å². The van der Waals surface area contributed by atoms with E-state index in [1.165, 1.54) is 7.11 Å². The number of aromatic nitrogens is 3. The molecule has 0 aliphatic rings. The zero-order chi connectivity index (χ0) is 11.5. The van der Waals surface area contributed by atoms with Crippen LogP contribution >= 0.6 is 0 Å². The van der Waals surface area contributed by atoms with E-state index in [1.807, 2.05) is 25.3 Å². The van der Waals surface area contributed by atoms with E-state index >= 15 is 0 Å². The molecule has 0 fully saturated rings. The lowest BCUT2D eigenvalue weighted by Crippen LogP contribution is -2.02. The van der Waals surface area contributed by atoms with Crippen molar-refractivity contribution in [1.29, 1.82) is 0 Å². The number of aryl methyl sites for hydroxylation is 2. The number of esters is 1. The van der Waals surface area contributed by atoms with Gasteiger partial charge in [-0.05, 0) is 18.6 Å². The highest BCUT2D eigenvalue weighted by atomic mass is 16.5. The normalized spacial score (nSPS) is 10.6. The second-order valence-corrected chi connectivity index (χ2v) is 3.56. The molecule has 0 atom stereocenters. The Labute approximate surface area is 93.1 Å². The van der Waals surface area contributed by atoms with Crippen molar-refractivity contribution in [3.63, 3.8) is 0 Å². The molecule has 0 unspecified atom stereocenters. The van der Waals surface area contributed by atoms with Gasteiger partial charge in [0.05, 0.1) is 13.5 Å². The molecule has 0 amide bonds. The zero-order valence-corrected chi connectivity index (χ0v) is 9.30. The van der Waals surface area contributed by atoms with E-state index in [2.05, 4.69) is 14.8 Å². The van der Waals surface area contributed by atoms with Crippen LogP contribution in [-0.4, -0.2) is 27.7 Å². The summed E-state index contributed by atoms with van der Waals surface area (Å²) < 4.78 is 6.29. The number of pyridine rings is 1. The van der Waals surface area contributed by atoms with Gasteiger partial charge >= 0.3 is 5.97 Å². The van der Waals surface area contributed by atoms with Crippen molar-refractivity contribution in [1.82, 2.24) is 14.6 Å². The molecule has 0 saturated heterocycles. The van der Waals surface area contributed by atoms with Gasteiger partial charge in [0, 0.05) is 12.6 Å². The number of methoxy groups -OCH3 is 1. The molecule has 2 rings (SSSR count). The minimum absolute atomic E-state index is 0.240. The Hall–Kier alpha value is -1.91. The van der Waals surface area contributed by atoms with Gasteiger partial charge in [-0.2, -0.15) is 5.10 Å². The second kappa shape index (κ2) is 4.30. The van der Waals surface area contributed by atoms with Gasteiger partial charge in [-0.3, -0.25) is 4.79 Å². The highest BCUT2D eigenvalue weighted by molar-refractivity contribution is 5.69. The van der Waals surface area contributed by atoms with Crippen molar-refractivity contribution in [2.75, 3.05) is 7.11 Å². The summed E-state index contributed by atoms with van der Waals surface area (Å²) in [7, 11) is 1.38. The highest BCUT2D eigenvalue weighted by Crippen LogP contribution is 2.08. The average Bonchev–Trinajstić information content (AvgIpc) is 2.70. The monoisotopic (exact) mass is 219 g/mol. The molecule has 2 aromatic heterocycles. The van der Waals surface area contributed by atoms with Crippen molar-refractivity contribution in [2.45, 2.75) is 19.8 Å². The molecule has 2 aromatic rings. The quantitative estimate of drug-likeness (QED) is 0.726. The van der Waals surface area contributed by atoms with Crippen LogP contribution in [0.25, 0.3) is 5.65 Å². The van der Waals surface area contributed by atoms with Crippen LogP contribution in [0.4, 0.5) is 0 Å². The van der Waals surface area contributed by atoms with Gasteiger partial charge in [-0.25, -0.2) is 9.50 Å². The Kier molecular flexibility index (Phi) is 2.85. The molecule has 0 bridgehead atoms. The molecule has 16 heavy (non-hydrogen) atoms. The number of carbonyl (C=O) groups excluding carboxylic acids is 1. The van der Waals surface area contributed by atoms with Gasteiger partial charge in [-0.15, -0.1) is 0 Å². The maximum absolute atomic E-state index is 11.0. The Morgan fingerprint density at radius 3 is 3.06 bits per heavy atom. The summed E-state index contributed by atoms with van der Waals surface area (Å²) in [6.07, 6.45) is 2.66. The molecular weight excluding hydrogens is 206 g/mol. The van der Waals surface area contributed by atoms with Crippen LogP contribution in [0.1, 0.15) is 17.8 Å². The Morgan fingerprint density at radius 1 is 1.56 bits per heavy atom. The summed E-state index contributed by atoms with van der Waals surface area (Å²) in [5.41, 5.74) is 1.90. The molecule has 0 radical (unpaired) electrons. The molecule has 0 aliphatic carbocycles. The number of carbonyl (C=O) groups is 1. The highest BCUT2D eigenvalue weighted by Gasteiger charge is 2.07. The van der Waals surface area contributed by atoms with Crippen LogP contribution in [0, 0.1) is 6.92 Å². The summed E-state index contributed by atoms with van der Waals surface area (Å²) in [6.45, 7) is 1.98. The van der Waals surface area contributed by atoms with Crippen LogP contribution in [-0.2, 0) is 16.0 Å². The smallest absolute Gasteiger partial charge is 0.305 e. The number of hydrogen-bond acceptors (Lipinski definition) is 4. The van der Waals surface area contributed by atoms with Gasteiger partial charge in [0.25, 0.3) is 0 Å². The minimum atomic E-state index is -0.240. The van der Waals surface area contributed by atoms with E-state index in [1.54, 1.807) is 4.52 Å². The molecule has 0 N–H and O–H groups in total. The van der Waals surface area contributed by atoms with Gasteiger partial charge in [0.1, 0.15) is 0 Å². The Balaban J connectivity index is 2.20. The predicted octanol–water partition coefficient (Wildman–Crippen LogP) is 1.14. The summed E-state index contributed by atoms with van der Waals surface area (Å²) in [5.74, 6) is 0.426. The molecule has 5 heteroatoms. The van der Waals surface area contributed by atoms with E-state index < -0.39 is 0 Å². The second-order valence-electron chi connectivity index (χ2n) is 3.56. The first kappa shape index (κ1) is 10.6. The molecule has 0 aliphatic heterocycles. The topological polar surface area (TPSA) is 56.5 Å². The van der Waals surface area contributed by atoms with Crippen LogP contribution < -0.4 is 0 Å². The van der Waals surface area contributed by atoms with E-state index in [-0.39, 0.29) is 5.97 Å². The van der Waals surface area contributed by atoms with Crippen molar-refractivity contribution < 1.29 is 9.53 Å². The summed E-state index contributed by atoms with van der Waals surface area (Å²) in [6, 6.07) is 3.90. The Morgan fingerprint density at radius 2 is 2.38 bits per heavy atom. The molecule has 0 spiro atoms. The Bertz CT molecular complexity index is 519. The van der Waals surface area contributed by atoms with E-state index in [0.29, 0.717) is 18.7 Å².